The number of fused-ring (bicyclic) bond motifs is 3. The maximum absolute atomic E-state index is 2.56. The van der Waals surface area contributed by atoms with E-state index in [9.17, 15) is 0 Å². The average Bonchev–Trinajstić information content (AvgIpc) is 3.61. The Labute approximate surface area is 324 Å². The monoisotopic (exact) mass is 950 g/mol. The Morgan fingerprint density at radius 2 is 1.13 bits per heavy atom. The molecule has 0 nitrogen and oxygen atoms in total. The summed E-state index contributed by atoms with van der Waals surface area (Å²) < 4.78 is 6.78. The molecule has 2 aliphatic rings. The quantitative estimate of drug-likeness (QED) is 0.169. The van der Waals surface area contributed by atoms with Crippen molar-refractivity contribution in [2.75, 3.05) is 0 Å². The SMILES string of the molecule is CC(C)(C)c1ccc2c(c1)-c1cc(C(C)(C)C)ccc1[CH]2[Zr]([C]1=CC=CC1)=[C](Cc1ccccc1I)Cc1ccccc1I.Cl.Cl. The summed E-state index contributed by atoms with van der Waals surface area (Å²) in [5.74, 6) is 0. The van der Waals surface area contributed by atoms with Crippen molar-refractivity contribution in [2.24, 2.45) is 0 Å². The van der Waals surface area contributed by atoms with E-state index >= 15 is 0 Å². The minimum Gasteiger partial charge on any atom is -0.147 e. The topological polar surface area (TPSA) is 0 Å². The summed E-state index contributed by atoms with van der Waals surface area (Å²) in [5, 5.41) is 0. The summed E-state index contributed by atoms with van der Waals surface area (Å²) >= 11 is 2.55. The van der Waals surface area contributed by atoms with Gasteiger partial charge in [-0.15, -0.1) is 24.8 Å². The van der Waals surface area contributed by atoms with Gasteiger partial charge in [0.25, 0.3) is 0 Å². The third kappa shape index (κ3) is 7.96. The van der Waals surface area contributed by atoms with Crippen molar-refractivity contribution in [3.8, 4) is 11.1 Å². The molecule has 0 fully saturated rings. The Hall–Kier alpha value is -0.847. The van der Waals surface area contributed by atoms with Gasteiger partial charge in [-0.05, 0) is 0 Å². The van der Waals surface area contributed by atoms with Gasteiger partial charge in [-0.25, -0.2) is 0 Å². The first-order valence-electron chi connectivity index (χ1n) is 15.8. The molecular weight excluding hydrogens is 908 g/mol. The van der Waals surface area contributed by atoms with E-state index in [1.807, 2.05) is 0 Å². The van der Waals surface area contributed by atoms with Gasteiger partial charge in [0.15, 0.2) is 0 Å². The molecule has 0 saturated heterocycles. The van der Waals surface area contributed by atoms with Crippen LogP contribution in [0, 0.1) is 7.14 Å². The molecule has 0 radical (unpaired) electrons. The zero-order valence-electron chi connectivity index (χ0n) is 27.6. The maximum Gasteiger partial charge on any atom is -0.147 e. The molecule has 0 saturated carbocycles. The zero-order valence-corrected chi connectivity index (χ0v) is 36.0. The maximum atomic E-state index is 2.55. The summed E-state index contributed by atoms with van der Waals surface area (Å²) in [7, 11) is 0. The first-order chi connectivity index (χ1) is 20.9. The second kappa shape index (κ2) is 15.4. The number of benzene rings is 4. The molecule has 0 atom stereocenters. The molecule has 0 aromatic heterocycles. The number of hydrogen-bond acceptors (Lipinski definition) is 0. The van der Waals surface area contributed by atoms with E-state index in [1.54, 1.807) is 17.6 Å². The van der Waals surface area contributed by atoms with Gasteiger partial charge >= 0.3 is 303 Å². The van der Waals surface area contributed by atoms with Crippen LogP contribution in [0.1, 0.15) is 85.0 Å². The van der Waals surface area contributed by atoms with Crippen LogP contribution in [-0.2, 0) is 44.9 Å². The molecule has 0 aliphatic heterocycles. The Balaban J connectivity index is 0.00000240. The molecular formula is C41H44Cl2I2Zr. The van der Waals surface area contributed by atoms with Crippen LogP contribution in [-0.4, -0.2) is 3.21 Å². The molecule has 0 amide bonds. The van der Waals surface area contributed by atoms with Gasteiger partial charge in [-0.2, -0.15) is 0 Å². The number of allylic oxidation sites excluding steroid dienone is 4. The number of halogens is 4. The Morgan fingerprint density at radius 1 is 0.674 bits per heavy atom. The molecule has 5 heteroatoms. The summed E-state index contributed by atoms with van der Waals surface area (Å²) in [6.45, 7) is 14.1. The third-order valence-electron chi connectivity index (χ3n) is 9.26. The largest absolute Gasteiger partial charge is 0.147 e. The smallest absolute Gasteiger partial charge is 0.147 e. The van der Waals surface area contributed by atoms with Crippen LogP contribution >= 0.6 is 70.0 Å². The van der Waals surface area contributed by atoms with Gasteiger partial charge in [0, 0.05) is 0 Å². The fourth-order valence-electron chi connectivity index (χ4n) is 6.75. The number of hydrogen-bond donors (Lipinski definition) is 0. The van der Waals surface area contributed by atoms with Gasteiger partial charge in [0.05, 0.1) is 0 Å². The predicted octanol–water partition coefficient (Wildman–Crippen LogP) is 12.5. The summed E-state index contributed by atoms with van der Waals surface area (Å²) in [6.07, 6.45) is 10.5. The molecule has 46 heavy (non-hydrogen) atoms. The average molecular weight is 953 g/mol. The zero-order chi connectivity index (χ0) is 31.2. The van der Waals surface area contributed by atoms with Crippen LogP contribution in [0.15, 0.2) is 106 Å². The van der Waals surface area contributed by atoms with Crippen LogP contribution in [0.5, 0.6) is 0 Å². The van der Waals surface area contributed by atoms with Crippen molar-refractivity contribution in [3.63, 3.8) is 0 Å². The summed E-state index contributed by atoms with van der Waals surface area (Å²) in [6, 6.07) is 33.1. The standard InChI is InChI=1S/C21H25.C15H12I2.C5H5.2ClH.Zr/c1-20(2,3)16-9-7-14-11-15-8-10-17(21(4,5)6)13-19(15)18(14)12-16;16-14-10-3-1-6-12(14)8-5-9-13-7-2-4-11-15(13)17;1-2-4-5-3-1;;;/h7-13H,1-6H3;1-4,6-7,10-11H,8-9H2;1-3H,4H2;2*1H;. The fraction of sp³-hybridized carbons (Fsp3) is 0.293. The number of rotatable bonds is 6. The Bertz CT molecular complexity index is 1720. The van der Waals surface area contributed by atoms with Crippen LogP contribution in [0.25, 0.3) is 11.1 Å². The third-order valence-corrected chi connectivity index (χ3v) is 19.7. The van der Waals surface area contributed by atoms with Crippen molar-refractivity contribution in [3.05, 3.63) is 147 Å². The fourth-order valence-corrected chi connectivity index (χ4v) is 17.1. The molecule has 0 bridgehead atoms. The van der Waals surface area contributed by atoms with Crippen molar-refractivity contribution < 1.29 is 21.3 Å². The molecule has 0 N–H and O–H groups in total. The first kappa shape index (κ1) is 38.0. The van der Waals surface area contributed by atoms with E-state index in [-0.39, 0.29) is 35.6 Å². The van der Waals surface area contributed by atoms with Gasteiger partial charge in [0.2, 0.25) is 0 Å². The van der Waals surface area contributed by atoms with E-state index < -0.39 is 21.3 Å². The van der Waals surface area contributed by atoms with Crippen LogP contribution < -0.4 is 0 Å². The van der Waals surface area contributed by atoms with Gasteiger partial charge in [-0.1, -0.05) is 0 Å². The van der Waals surface area contributed by atoms with E-state index in [0.29, 0.717) is 3.63 Å². The van der Waals surface area contributed by atoms with E-state index in [2.05, 4.69) is 190 Å². The van der Waals surface area contributed by atoms with Crippen molar-refractivity contribution >= 4 is 73.2 Å². The summed E-state index contributed by atoms with van der Waals surface area (Å²) in [5.41, 5.74) is 12.1. The van der Waals surface area contributed by atoms with E-state index in [1.165, 1.54) is 40.5 Å². The van der Waals surface area contributed by atoms with Gasteiger partial charge in [0.1, 0.15) is 0 Å². The minimum absolute atomic E-state index is 0. The summed E-state index contributed by atoms with van der Waals surface area (Å²) in [4.78, 5) is 0. The Kier molecular flexibility index (Phi) is 12.7. The molecule has 240 valence electrons. The van der Waals surface area contributed by atoms with Crippen molar-refractivity contribution in [1.82, 2.24) is 0 Å². The molecule has 0 spiro atoms. The Morgan fingerprint density at radius 3 is 1.52 bits per heavy atom. The van der Waals surface area contributed by atoms with E-state index in [4.69, 9.17) is 0 Å². The second-order valence-corrected chi connectivity index (χ2v) is 23.5. The first-order valence-corrected chi connectivity index (χ1v) is 21.8. The molecule has 0 unspecified atom stereocenters. The van der Waals surface area contributed by atoms with Crippen LogP contribution in [0.3, 0.4) is 0 Å². The predicted molar refractivity (Wildman–Crippen MR) is 218 cm³/mol. The molecule has 6 rings (SSSR count). The normalized spacial score (nSPS) is 13.8. The molecule has 4 aromatic carbocycles. The van der Waals surface area contributed by atoms with Crippen molar-refractivity contribution in [1.29, 1.82) is 0 Å². The van der Waals surface area contributed by atoms with Crippen LogP contribution in [0.4, 0.5) is 0 Å². The minimum atomic E-state index is -2.56. The second-order valence-electron chi connectivity index (χ2n) is 14.4. The molecule has 2 aliphatic carbocycles. The van der Waals surface area contributed by atoms with Gasteiger partial charge in [-0.3, -0.25) is 0 Å². The van der Waals surface area contributed by atoms with E-state index in [0.717, 1.165) is 19.3 Å². The van der Waals surface area contributed by atoms with Gasteiger partial charge < -0.3 is 0 Å². The molecule has 0 heterocycles. The van der Waals surface area contributed by atoms with Crippen LogP contribution in [0.2, 0.25) is 0 Å². The van der Waals surface area contributed by atoms with Crippen molar-refractivity contribution in [2.45, 2.75) is 75.3 Å². The molecule has 4 aromatic rings.